The molecule has 1 aromatic carbocycles. The number of rotatable bonds is 3. The largest absolute Gasteiger partial charge is 0.434 e. The van der Waals surface area contributed by atoms with E-state index < -0.39 is 5.82 Å². The van der Waals surface area contributed by atoms with Crippen molar-refractivity contribution < 1.29 is 9.13 Å². The molecule has 0 bridgehead atoms. The van der Waals surface area contributed by atoms with E-state index in [2.05, 4.69) is 5.10 Å². The molecule has 5 heteroatoms. The molecule has 96 valence electrons. The summed E-state index contributed by atoms with van der Waals surface area (Å²) in [6.45, 7) is 5.71. The van der Waals surface area contributed by atoms with Crippen molar-refractivity contribution in [2.75, 3.05) is 5.73 Å². The van der Waals surface area contributed by atoms with Gasteiger partial charge in [0.2, 0.25) is 5.88 Å². The van der Waals surface area contributed by atoms with E-state index in [1.54, 1.807) is 29.8 Å². The number of aromatic nitrogens is 2. The second-order valence-corrected chi connectivity index (χ2v) is 4.38. The summed E-state index contributed by atoms with van der Waals surface area (Å²) in [5.41, 5.74) is 7.02. The number of halogens is 1. The van der Waals surface area contributed by atoms with Crippen LogP contribution in [0, 0.1) is 12.7 Å². The Kier molecular flexibility index (Phi) is 3.23. The topological polar surface area (TPSA) is 53.1 Å². The zero-order valence-electron chi connectivity index (χ0n) is 10.6. The minimum atomic E-state index is -0.425. The van der Waals surface area contributed by atoms with Crippen molar-refractivity contribution in [2.24, 2.45) is 0 Å². The van der Waals surface area contributed by atoms with Gasteiger partial charge in [0, 0.05) is 0 Å². The van der Waals surface area contributed by atoms with E-state index >= 15 is 0 Å². The van der Waals surface area contributed by atoms with Gasteiger partial charge in [0.25, 0.3) is 0 Å². The van der Waals surface area contributed by atoms with E-state index in [0.29, 0.717) is 17.3 Å². The van der Waals surface area contributed by atoms with Crippen LogP contribution in [0.5, 0.6) is 11.6 Å². The lowest BCUT2D eigenvalue weighted by Gasteiger charge is -2.12. The van der Waals surface area contributed by atoms with E-state index in [-0.39, 0.29) is 11.8 Å². The Morgan fingerprint density at radius 3 is 2.61 bits per heavy atom. The Bertz CT molecular complexity index is 563. The third-order valence-electron chi connectivity index (χ3n) is 2.62. The zero-order valence-corrected chi connectivity index (χ0v) is 10.6. The summed E-state index contributed by atoms with van der Waals surface area (Å²) in [6, 6.07) is 6.30. The van der Waals surface area contributed by atoms with Crippen molar-refractivity contribution in [3.63, 3.8) is 0 Å². The number of benzene rings is 1. The normalized spacial score (nSPS) is 10.9. The van der Waals surface area contributed by atoms with Crippen LogP contribution in [0.2, 0.25) is 0 Å². The molecule has 18 heavy (non-hydrogen) atoms. The molecule has 2 rings (SSSR count). The summed E-state index contributed by atoms with van der Waals surface area (Å²) in [4.78, 5) is 0. The van der Waals surface area contributed by atoms with Gasteiger partial charge in [-0.05, 0) is 32.9 Å². The molecule has 0 atom stereocenters. The lowest BCUT2D eigenvalue weighted by Crippen LogP contribution is -2.06. The number of nitrogen functional groups attached to an aromatic ring is 1. The Labute approximate surface area is 105 Å². The van der Waals surface area contributed by atoms with Gasteiger partial charge in [0.05, 0.1) is 11.7 Å². The molecule has 0 amide bonds. The standard InChI is InChI=1S/C13H16FN3O/c1-8(2)17-13(12(15)9(3)16-17)18-11-7-5-4-6-10(11)14/h4-8H,15H2,1-3H3. The van der Waals surface area contributed by atoms with Crippen LogP contribution < -0.4 is 10.5 Å². The third-order valence-corrected chi connectivity index (χ3v) is 2.62. The third kappa shape index (κ3) is 2.16. The Balaban J connectivity index is 2.43. The Hall–Kier alpha value is -2.04. The Morgan fingerprint density at radius 1 is 1.33 bits per heavy atom. The summed E-state index contributed by atoms with van der Waals surface area (Å²) < 4.78 is 20.8. The predicted octanol–water partition coefficient (Wildman–Crippen LogP) is 3.29. The number of ether oxygens (including phenoxy) is 1. The van der Waals surface area contributed by atoms with Crippen molar-refractivity contribution in [1.29, 1.82) is 0 Å². The molecule has 4 nitrogen and oxygen atoms in total. The van der Waals surface area contributed by atoms with Crippen molar-refractivity contribution in [1.82, 2.24) is 9.78 Å². The maximum atomic E-state index is 13.6. The van der Waals surface area contributed by atoms with Crippen LogP contribution in [0.3, 0.4) is 0 Å². The van der Waals surface area contributed by atoms with E-state index in [1.165, 1.54) is 6.07 Å². The highest BCUT2D eigenvalue weighted by atomic mass is 19.1. The number of aryl methyl sites for hydroxylation is 1. The van der Waals surface area contributed by atoms with Crippen LogP contribution in [-0.4, -0.2) is 9.78 Å². The molecule has 2 N–H and O–H groups in total. The van der Waals surface area contributed by atoms with E-state index in [9.17, 15) is 4.39 Å². The molecular weight excluding hydrogens is 233 g/mol. The second kappa shape index (κ2) is 4.68. The molecule has 0 aliphatic heterocycles. The molecule has 0 aliphatic carbocycles. The van der Waals surface area contributed by atoms with Crippen LogP contribution >= 0.6 is 0 Å². The summed E-state index contributed by atoms with van der Waals surface area (Å²) in [6.07, 6.45) is 0. The van der Waals surface area contributed by atoms with Gasteiger partial charge in [0.1, 0.15) is 5.69 Å². The van der Waals surface area contributed by atoms with E-state index in [1.807, 2.05) is 13.8 Å². The number of hydrogen-bond acceptors (Lipinski definition) is 3. The molecule has 0 aliphatic rings. The maximum Gasteiger partial charge on any atom is 0.241 e. The molecule has 0 unspecified atom stereocenters. The molecule has 1 aromatic heterocycles. The van der Waals surface area contributed by atoms with Gasteiger partial charge in [-0.25, -0.2) is 9.07 Å². The quantitative estimate of drug-likeness (QED) is 0.908. The van der Waals surface area contributed by atoms with Gasteiger partial charge < -0.3 is 10.5 Å². The van der Waals surface area contributed by atoms with Crippen LogP contribution in [0.15, 0.2) is 24.3 Å². The van der Waals surface area contributed by atoms with Gasteiger partial charge in [-0.15, -0.1) is 0 Å². The Morgan fingerprint density at radius 2 is 2.00 bits per heavy atom. The van der Waals surface area contributed by atoms with E-state index in [4.69, 9.17) is 10.5 Å². The fourth-order valence-corrected chi connectivity index (χ4v) is 1.62. The number of para-hydroxylation sites is 1. The SMILES string of the molecule is Cc1nn(C(C)C)c(Oc2ccccc2F)c1N. The average Bonchev–Trinajstić information content (AvgIpc) is 2.60. The smallest absolute Gasteiger partial charge is 0.241 e. The van der Waals surface area contributed by atoms with Crippen LogP contribution in [0.4, 0.5) is 10.1 Å². The van der Waals surface area contributed by atoms with Gasteiger partial charge >= 0.3 is 0 Å². The first kappa shape index (κ1) is 12.4. The zero-order chi connectivity index (χ0) is 13.3. The molecule has 1 heterocycles. The molecule has 0 saturated carbocycles. The van der Waals surface area contributed by atoms with Crippen LogP contribution in [0.25, 0.3) is 0 Å². The average molecular weight is 249 g/mol. The number of nitrogens with zero attached hydrogens (tertiary/aromatic N) is 2. The lowest BCUT2D eigenvalue weighted by atomic mass is 10.3. The van der Waals surface area contributed by atoms with Crippen molar-refractivity contribution in [3.05, 3.63) is 35.8 Å². The lowest BCUT2D eigenvalue weighted by molar-refractivity contribution is 0.373. The van der Waals surface area contributed by atoms with Gasteiger partial charge in [-0.1, -0.05) is 12.1 Å². The minimum absolute atomic E-state index is 0.0859. The highest BCUT2D eigenvalue weighted by Crippen LogP contribution is 2.33. The molecule has 0 radical (unpaired) electrons. The number of nitrogens with two attached hydrogens (primary N) is 1. The molecular formula is C13H16FN3O. The first-order valence-electron chi connectivity index (χ1n) is 5.77. The first-order valence-corrected chi connectivity index (χ1v) is 5.77. The van der Waals surface area contributed by atoms with Crippen LogP contribution in [-0.2, 0) is 0 Å². The molecule has 0 spiro atoms. The maximum absolute atomic E-state index is 13.6. The van der Waals surface area contributed by atoms with E-state index in [0.717, 1.165) is 0 Å². The van der Waals surface area contributed by atoms with Crippen molar-refractivity contribution >= 4 is 5.69 Å². The fraction of sp³-hybridized carbons (Fsp3) is 0.308. The predicted molar refractivity (Wildman–Crippen MR) is 68.2 cm³/mol. The van der Waals surface area contributed by atoms with Gasteiger partial charge in [-0.2, -0.15) is 5.10 Å². The summed E-state index contributed by atoms with van der Waals surface area (Å²) in [5.74, 6) is 0.102. The van der Waals surface area contributed by atoms with Gasteiger partial charge in [-0.3, -0.25) is 0 Å². The highest BCUT2D eigenvalue weighted by Gasteiger charge is 2.18. The highest BCUT2D eigenvalue weighted by molar-refractivity contribution is 5.54. The molecule has 2 aromatic rings. The van der Waals surface area contributed by atoms with Crippen LogP contribution in [0.1, 0.15) is 25.6 Å². The monoisotopic (exact) mass is 249 g/mol. The molecule has 0 fully saturated rings. The van der Waals surface area contributed by atoms with Crippen molar-refractivity contribution in [2.45, 2.75) is 26.8 Å². The molecule has 0 saturated heterocycles. The number of anilines is 1. The fourth-order valence-electron chi connectivity index (χ4n) is 1.62. The summed E-state index contributed by atoms with van der Waals surface area (Å²) >= 11 is 0. The summed E-state index contributed by atoms with van der Waals surface area (Å²) in [5, 5.41) is 4.28. The number of hydrogen-bond donors (Lipinski definition) is 1. The second-order valence-electron chi connectivity index (χ2n) is 4.38. The first-order chi connectivity index (χ1) is 8.50. The van der Waals surface area contributed by atoms with Crippen molar-refractivity contribution in [3.8, 4) is 11.6 Å². The minimum Gasteiger partial charge on any atom is -0.434 e. The summed E-state index contributed by atoms with van der Waals surface area (Å²) in [7, 11) is 0. The van der Waals surface area contributed by atoms with Gasteiger partial charge in [0.15, 0.2) is 11.6 Å².